The van der Waals surface area contributed by atoms with E-state index >= 15 is 0 Å². The summed E-state index contributed by atoms with van der Waals surface area (Å²) in [4.78, 5) is 17.8. The standard InChI is InChI=1S/C31H31NO5/c1-31(2,3)37-29(30(33)34)26-23-9-5-6-10-24(23)27(19-11-14-22(35-4)15-12-19)32-28(26)21-13-16-25-20(18-21)8-7-17-36-25/h5-6,9-16,18,29H,7-8,17H2,1-4H3,(H,33,34). The number of hydrogen-bond donors (Lipinski definition) is 1. The van der Waals surface area contributed by atoms with Gasteiger partial charge in [-0.3, -0.25) is 0 Å². The molecule has 37 heavy (non-hydrogen) atoms. The minimum Gasteiger partial charge on any atom is -0.497 e. The van der Waals surface area contributed by atoms with E-state index in [-0.39, 0.29) is 0 Å². The second-order valence-electron chi connectivity index (χ2n) is 10.2. The SMILES string of the molecule is COc1ccc(-c2nc(-c3ccc4c(c3)CCCO4)c(C(OC(C)(C)C)C(=O)O)c3ccccc23)cc1. The number of aromatic nitrogens is 1. The summed E-state index contributed by atoms with van der Waals surface area (Å²) in [5.41, 5.74) is 4.07. The highest BCUT2D eigenvalue weighted by Crippen LogP contribution is 2.42. The van der Waals surface area contributed by atoms with Gasteiger partial charge in [-0.2, -0.15) is 0 Å². The van der Waals surface area contributed by atoms with Gasteiger partial charge >= 0.3 is 5.97 Å². The van der Waals surface area contributed by atoms with E-state index in [0.29, 0.717) is 17.9 Å². The van der Waals surface area contributed by atoms with Crippen LogP contribution >= 0.6 is 0 Å². The molecule has 1 atom stereocenters. The molecule has 0 amide bonds. The Bertz CT molecular complexity index is 1450. The fourth-order valence-corrected chi connectivity index (χ4v) is 4.83. The number of pyridine rings is 1. The Morgan fingerprint density at radius 3 is 2.35 bits per heavy atom. The highest BCUT2D eigenvalue weighted by Gasteiger charge is 2.32. The Morgan fingerprint density at radius 1 is 0.973 bits per heavy atom. The molecular formula is C31H31NO5. The number of hydrogen-bond acceptors (Lipinski definition) is 5. The first-order valence-corrected chi connectivity index (χ1v) is 12.5. The molecule has 0 saturated heterocycles. The quantitative estimate of drug-likeness (QED) is 0.314. The Hall–Kier alpha value is -3.90. The third-order valence-corrected chi connectivity index (χ3v) is 6.45. The predicted octanol–water partition coefficient (Wildman–Crippen LogP) is 6.84. The fraction of sp³-hybridized carbons (Fsp3) is 0.290. The van der Waals surface area contributed by atoms with Crippen LogP contribution in [0, 0.1) is 0 Å². The molecule has 4 aromatic rings. The normalized spacial score (nSPS) is 14.1. The maximum atomic E-state index is 12.7. The monoisotopic (exact) mass is 497 g/mol. The molecule has 0 spiro atoms. The van der Waals surface area contributed by atoms with Crippen molar-refractivity contribution >= 4 is 16.7 Å². The molecule has 0 aliphatic carbocycles. The first-order chi connectivity index (χ1) is 17.7. The van der Waals surface area contributed by atoms with Gasteiger partial charge in [0.05, 0.1) is 30.7 Å². The first kappa shape index (κ1) is 24.8. The van der Waals surface area contributed by atoms with Crippen molar-refractivity contribution in [2.24, 2.45) is 0 Å². The van der Waals surface area contributed by atoms with Crippen LogP contribution < -0.4 is 9.47 Å². The van der Waals surface area contributed by atoms with Gasteiger partial charge in [-0.25, -0.2) is 9.78 Å². The summed E-state index contributed by atoms with van der Waals surface area (Å²) in [6, 6.07) is 21.5. The number of benzene rings is 3. The molecule has 3 aromatic carbocycles. The summed E-state index contributed by atoms with van der Waals surface area (Å²) in [6.07, 6.45) is 0.638. The lowest BCUT2D eigenvalue weighted by Gasteiger charge is -2.28. The molecular weight excluding hydrogens is 466 g/mol. The molecule has 1 aliphatic rings. The lowest BCUT2D eigenvalue weighted by molar-refractivity contribution is -0.160. The number of methoxy groups -OCH3 is 1. The van der Waals surface area contributed by atoms with Crippen molar-refractivity contribution in [3.8, 4) is 34.0 Å². The minimum atomic E-state index is -1.20. The third-order valence-electron chi connectivity index (χ3n) is 6.45. The Balaban J connectivity index is 1.83. The number of carboxylic acids is 1. The van der Waals surface area contributed by atoms with Gasteiger partial charge in [0.1, 0.15) is 11.5 Å². The maximum Gasteiger partial charge on any atom is 0.337 e. The average molecular weight is 498 g/mol. The Kier molecular flexibility index (Phi) is 6.61. The average Bonchev–Trinajstić information content (AvgIpc) is 2.90. The fourth-order valence-electron chi connectivity index (χ4n) is 4.83. The zero-order valence-electron chi connectivity index (χ0n) is 21.6. The Morgan fingerprint density at radius 2 is 1.68 bits per heavy atom. The summed E-state index contributed by atoms with van der Waals surface area (Å²) in [5.74, 6) is 0.569. The van der Waals surface area contributed by atoms with Gasteiger partial charge in [0, 0.05) is 22.1 Å². The molecule has 0 radical (unpaired) electrons. The van der Waals surface area contributed by atoms with E-state index in [9.17, 15) is 9.90 Å². The molecule has 6 nitrogen and oxygen atoms in total. The first-order valence-electron chi connectivity index (χ1n) is 12.5. The van der Waals surface area contributed by atoms with E-state index in [4.69, 9.17) is 19.2 Å². The lowest BCUT2D eigenvalue weighted by atomic mass is 9.91. The number of ether oxygens (including phenoxy) is 3. The van der Waals surface area contributed by atoms with Crippen molar-refractivity contribution in [3.63, 3.8) is 0 Å². The van der Waals surface area contributed by atoms with Crippen LogP contribution in [-0.2, 0) is 16.0 Å². The van der Waals surface area contributed by atoms with E-state index in [1.54, 1.807) is 7.11 Å². The van der Waals surface area contributed by atoms with E-state index in [2.05, 4.69) is 6.07 Å². The van der Waals surface area contributed by atoms with E-state index in [1.165, 1.54) is 0 Å². The summed E-state index contributed by atoms with van der Waals surface area (Å²) >= 11 is 0. The minimum absolute atomic E-state index is 0.548. The van der Waals surface area contributed by atoms with E-state index in [0.717, 1.165) is 57.5 Å². The van der Waals surface area contributed by atoms with Crippen molar-refractivity contribution < 1.29 is 24.1 Å². The summed E-state index contributed by atoms with van der Waals surface area (Å²) in [7, 11) is 1.64. The van der Waals surface area contributed by atoms with E-state index in [1.807, 2.05) is 81.4 Å². The van der Waals surface area contributed by atoms with Crippen molar-refractivity contribution in [2.75, 3.05) is 13.7 Å². The molecule has 0 saturated carbocycles. The lowest BCUT2D eigenvalue weighted by Crippen LogP contribution is -2.28. The van der Waals surface area contributed by atoms with Gasteiger partial charge in [0.15, 0.2) is 6.10 Å². The topological polar surface area (TPSA) is 77.9 Å². The molecule has 1 N–H and O–H groups in total. The van der Waals surface area contributed by atoms with Crippen molar-refractivity contribution in [1.82, 2.24) is 4.98 Å². The van der Waals surface area contributed by atoms with Gasteiger partial charge in [-0.15, -0.1) is 0 Å². The molecule has 1 unspecified atom stereocenters. The summed E-state index contributed by atoms with van der Waals surface area (Å²) in [5, 5.41) is 12.0. The van der Waals surface area contributed by atoms with Gasteiger partial charge in [0.25, 0.3) is 0 Å². The largest absolute Gasteiger partial charge is 0.497 e. The van der Waals surface area contributed by atoms with Gasteiger partial charge in [-0.1, -0.05) is 24.3 Å². The van der Waals surface area contributed by atoms with Crippen LogP contribution in [0.3, 0.4) is 0 Å². The summed E-state index contributed by atoms with van der Waals surface area (Å²) < 4.78 is 17.3. The third kappa shape index (κ3) is 5.02. The van der Waals surface area contributed by atoms with Crippen LogP contribution in [0.1, 0.15) is 44.4 Å². The number of fused-ring (bicyclic) bond motifs is 2. The van der Waals surface area contributed by atoms with Gasteiger partial charge in [-0.05, 0) is 87.0 Å². The number of carboxylic acid groups (broad SMARTS) is 1. The Labute approximate surface area is 216 Å². The van der Waals surface area contributed by atoms with Crippen LogP contribution in [0.15, 0.2) is 66.7 Å². The van der Waals surface area contributed by atoms with Crippen LogP contribution in [0.4, 0.5) is 0 Å². The molecule has 5 rings (SSSR count). The second kappa shape index (κ2) is 9.87. The second-order valence-corrected chi connectivity index (χ2v) is 10.2. The number of aliphatic carboxylic acids is 1. The highest BCUT2D eigenvalue weighted by atomic mass is 16.5. The molecule has 1 aliphatic heterocycles. The van der Waals surface area contributed by atoms with Crippen LogP contribution in [0.2, 0.25) is 0 Å². The van der Waals surface area contributed by atoms with Crippen molar-refractivity contribution in [3.05, 3.63) is 77.9 Å². The molecule has 6 heteroatoms. The van der Waals surface area contributed by atoms with Crippen LogP contribution in [0.25, 0.3) is 33.3 Å². The number of nitrogens with zero attached hydrogens (tertiary/aromatic N) is 1. The zero-order valence-corrected chi connectivity index (χ0v) is 21.6. The molecule has 2 heterocycles. The van der Waals surface area contributed by atoms with Crippen molar-refractivity contribution in [1.29, 1.82) is 0 Å². The maximum absolute atomic E-state index is 12.7. The molecule has 1 aromatic heterocycles. The van der Waals surface area contributed by atoms with Crippen LogP contribution in [0.5, 0.6) is 11.5 Å². The van der Waals surface area contributed by atoms with E-state index < -0.39 is 17.7 Å². The molecule has 0 fully saturated rings. The molecule has 0 bridgehead atoms. The van der Waals surface area contributed by atoms with Gasteiger partial charge < -0.3 is 19.3 Å². The molecule has 190 valence electrons. The number of rotatable bonds is 6. The van der Waals surface area contributed by atoms with Crippen LogP contribution in [-0.4, -0.2) is 35.4 Å². The number of aryl methyl sites for hydroxylation is 1. The van der Waals surface area contributed by atoms with Gasteiger partial charge in [0.2, 0.25) is 0 Å². The van der Waals surface area contributed by atoms with Crippen molar-refractivity contribution in [2.45, 2.75) is 45.3 Å². The highest BCUT2D eigenvalue weighted by molar-refractivity contribution is 6.02. The predicted molar refractivity (Wildman–Crippen MR) is 144 cm³/mol. The summed E-state index contributed by atoms with van der Waals surface area (Å²) in [6.45, 7) is 6.29. The smallest absolute Gasteiger partial charge is 0.337 e. The number of carbonyl (C=O) groups is 1. The zero-order chi connectivity index (χ0) is 26.2.